The standard InChI is InChI=1S/C18H22FNO2.ClH/c1-13(2)20-11-15-5-4-6-17(21-3)18(15)22-12-14-7-9-16(19)10-8-14;/h4-10,13,20H,11-12H2,1-3H3;1H. The molecule has 5 heteroatoms. The Balaban J connectivity index is 0.00000264. The van der Waals surface area contributed by atoms with Crippen LogP contribution in [0.1, 0.15) is 25.0 Å². The fraction of sp³-hybridized carbons (Fsp3) is 0.333. The molecule has 0 saturated heterocycles. The molecule has 0 unspecified atom stereocenters. The third-order valence-corrected chi connectivity index (χ3v) is 3.28. The molecule has 3 nitrogen and oxygen atoms in total. The molecule has 0 saturated carbocycles. The van der Waals surface area contributed by atoms with Crippen molar-refractivity contribution in [2.45, 2.75) is 33.0 Å². The van der Waals surface area contributed by atoms with E-state index >= 15 is 0 Å². The van der Waals surface area contributed by atoms with Gasteiger partial charge in [0.2, 0.25) is 0 Å². The SMILES string of the molecule is COc1cccc(CNC(C)C)c1OCc1ccc(F)cc1.Cl. The van der Waals surface area contributed by atoms with Crippen LogP contribution >= 0.6 is 12.4 Å². The molecule has 0 heterocycles. The smallest absolute Gasteiger partial charge is 0.166 e. The number of hydrogen-bond donors (Lipinski definition) is 1. The van der Waals surface area contributed by atoms with Crippen LogP contribution in [-0.2, 0) is 13.2 Å². The lowest BCUT2D eigenvalue weighted by Gasteiger charge is -2.16. The minimum Gasteiger partial charge on any atom is -0.493 e. The molecule has 0 fully saturated rings. The second-order valence-corrected chi connectivity index (χ2v) is 5.40. The molecular weight excluding hydrogens is 317 g/mol. The Hall–Kier alpha value is -1.78. The number of benzene rings is 2. The van der Waals surface area contributed by atoms with Gasteiger partial charge in [0.05, 0.1) is 7.11 Å². The van der Waals surface area contributed by atoms with Crippen LogP contribution in [0.4, 0.5) is 4.39 Å². The van der Waals surface area contributed by atoms with Crippen LogP contribution in [-0.4, -0.2) is 13.2 Å². The third-order valence-electron chi connectivity index (χ3n) is 3.28. The Labute approximate surface area is 143 Å². The summed E-state index contributed by atoms with van der Waals surface area (Å²) in [6.45, 7) is 5.27. The lowest BCUT2D eigenvalue weighted by atomic mass is 10.1. The molecule has 0 aliphatic carbocycles. The van der Waals surface area contributed by atoms with Gasteiger partial charge in [-0.1, -0.05) is 38.1 Å². The predicted octanol–water partition coefficient (Wildman–Crippen LogP) is 4.33. The van der Waals surface area contributed by atoms with Gasteiger partial charge in [-0.2, -0.15) is 0 Å². The van der Waals surface area contributed by atoms with Crippen molar-refractivity contribution in [3.8, 4) is 11.5 Å². The van der Waals surface area contributed by atoms with Gasteiger partial charge in [0.25, 0.3) is 0 Å². The molecule has 0 aliphatic rings. The van der Waals surface area contributed by atoms with Crippen molar-refractivity contribution < 1.29 is 13.9 Å². The van der Waals surface area contributed by atoms with E-state index in [9.17, 15) is 4.39 Å². The summed E-state index contributed by atoms with van der Waals surface area (Å²) in [5.74, 6) is 1.18. The van der Waals surface area contributed by atoms with E-state index in [1.165, 1.54) is 12.1 Å². The maximum Gasteiger partial charge on any atom is 0.166 e. The Bertz CT molecular complexity index is 602. The maximum absolute atomic E-state index is 12.9. The Morgan fingerprint density at radius 1 is 1.09 bits per heavy atom. The lowest BCUT2D eigenvalue weighted by molar-refractivity contribution is 0.280. The normalized spacial score (nSPS) is 10.3. The Morgan fingerprint density at radius 2 is 1.78 bits per heavy atom. The summed E-state index contributed by atoms with van der Waals surface area (Å²) in [7, 11) is 1.62. The van der Waals surface area contributed by atoms with Gasteiger partial charge in [-0.25, -0.2) is 4.39 Å². The topological polar surface area (TPSA) is 30.5 Å². The molecule has 2 aromatic rings. The first-order chi connectivity index (χ1) is 10.6. The van der Waals surface area contributed by atoms with E-state index < -0.39 is 0 Å². The summed E-state index contributed by atoms with van der Waals surface area (Å²) >= 11 is 0. The Morgan fingerprint density at radius 3 is 2.39 bits per heavy atom. The molecule has 0 atom stereocenters. The first-order valence-corrected chi connectivity index (χ1v) is 7.36. The van der Waals surface area contributed by atoms with E-state index in [0.29, 0.717) is 24.9 Å². The molecule has 1 N–H and O–H groups in total. The summed E-state index contributed by atoms with van der Waals surface area (Å²) in [5, 5.41) is 3.37. The number of para-hydroxylation sites is 1. The van der Waals surface area contributed by atoms with Crippen LogP contribution in [0.5, 0.6) is 11.5 Å². The minimum absolute atomic E-state index is 0. The average molecular weight is 340 g/mol. The molecule has 0 amide bonds. The summed E-state index contributed by atoms with van der Waals surface area (Å²) in [5.41, 5.74) is 1.95. The van der Waals surface area contributed by atoms with Crippen LogP contribution in [0.3, 0.4) is 0 Å². The molecular formula is C18H23ClFNO2. The fourth-order valence-electron chi connectivity index (χ4n) is 2.08. The first kappa shape index (κ1) is 19.3. The van der Waals surface area contributed by atoms with E-state index in [1.807, 2.05) is 18.2 Å². The third kappa shape index (κ3) is 5.73. The second kappa shape index (κ2) is 9.38. The second-order valence-electron chi connectivity index (χ2n) is 5.40. The van der Waals surface area contributed by atoms with Crippen molar-refractivity contribution in [1.82, 2.24) is 5.32 Å². The van der Waals surface area contributed by atoms with Gasteiger partial charge in [0, 0.05) is 18.2 Å². The highest BCUT2D eigenvalue weighted by Gasteiger charge is 2.11. The maximum atomic E-state index is 12.9. The lowest BCUT2D eigenvalue weighted by Crippen LogP contribution is -2.22. The van der Waals surface area contributed by atoms with Crippen molar-refractivity contribution in [3.63, 3.8) is 0 Å². The van der Waals surface area contributed by atoms with Gasteiger partial charge in [-0.05, 0) is 23.8 Å². The van der Waals surface area contributed by atoms with Gasteiger partial charge in [0.15, 0.2) is 11.5 Å². The number of halogens is 2. The average Bonchev–Trinajstić information content (AvgIpc) is 2.52. The minimum atomic E-state index is -0.247. The number of hydrogen-bond acceptors (Lipinski definition) is 3. The monoisotopic (exact) mass is 339 g/mol. The molecule has 0 radical (unpaired) electrons. The zero-order chi connectivity index (χ0) is 15.9. The van der Waals surface area contributed by atoms with Gasteiger partial charge in [-0.15, -0.1) is 12.4 Å². The Kier molecular flexibility index (Phi) is 7.86. The zero-order valence-corrected chi connectivity index (χ0v) is 14.5. The van der Waals surface area contributed by atoms with Crippen molar-refractivity contribution >= 4 is 12.4 Å². The summed E-state index contributed by atoms with van der Waals surface area (Å²) in [6, 6.07) is 12.5. The van der Waals surface area contributed by atoms with Crippen molar-refractivity contribution in [1.29, 1.82) is 0 Å². The van der Waals surface area contributed by atoms with E-state index in [4.69, 9.17) is 9.47 Å². The van der Waals surface area contributed by atoms with E-state index in [0.717, 1.165) is 16.9 Å². The van der Waals surface area contributed by atoms with Crippen LogP contribution in [0.2, 0.25) is 0 Å². The molecule has 0 aromatic heterocycles. The highest BCUT2D eigenvalue weighted by atomic mass is 35.5. The van der Waals surface area contributed by atoms with Gasteiger partial charge >= 0.3 is 0 Å². The molecule has 126 valence electrons. The number of rotatable bonds is 7. The highest BCUT2D eigenvalue weighted by Crippen LogP contribution is 2.31. The summed E-state index contributed by atoms with van der Waals surface area (Å²) in [6.07, 6.45) is 0. The van der Waals surface area contributed by atoms with E-state index in [2.05, 4.69) is 19.2 Å². The van der Waals surface area contributed by atoms with Gasteiger partial charge in [-0.3, -0.25) is 0 Å². The number of nitrogens with one attached hydrogen (secondary N) is 1. The molecule has 2 aromatic carbocycles. The number of methoxy groups -OCH3 is 1. The number of ether oxygens (including phenoxy) is 2. The molecule has 0 bridgehead atoms. The zero-order valence-electron chi connectivity index (χ0n) is 13.6. The van der Waals surface area contributed by atoms with Crippen molar-refractivity contribution in [2.24, 2.45) is 0 Å². The molecule has 0 spiro atoms. The molecule has 23 heavy (non-hydrogen) atoms. The van der Waals surface area contributed by atoms with Crippen LogP contribution in [0, 0.1) is 5.82 Å². The largest absolute Gasteiger partial charge is 0.493 e. The van der Waals surface area contributed by atoms with Gasteiger partial charge < -0.3 is 14.8 Å². The van der Waals surface area contributed by atoms with Crippen molar-refractivity contribution in [2.75, 3.05) is 7.11 Å². The van der Waals surface area contributed by atoms with Crippen LogP contribution in [0.25, 0.3) is 0 Å². The van der Waals surface area contributed by atoms with E-state index in [1.54, 1.807) is 19.2 Å². The van der Waals surface area contributed by atoms with Crippen LogP contribution < -0.4 is 14.8 Å². The fourth-order valence-corrected chi connectivity index (χ4v) is 2.08. The molecule has 2 rings (SSSR count). The first-order valence-electron chi connectivity index (χ1n) is 7.36. The summed E-state index contributed by atoms with van der Waals surface area (Å²) in [4.78, 5) is 0. The van der Waals surface area contributed by atoms with E-state index in [-0.39, 0.29) is 18.2 Å². The quantitative estimate of drug-likeness (QED) is 0.814. The summed E-state index contributed by atoms with van der Waals surface area (Å²) < 4.78 is 24.3. The van der Waals surface area contributed by atoms with Gasteiger partial charge in [0.1, 0.15) is 12.4 Å². The highest BCUT2D eigenvalue weighted by molar-refractivity contribution is 5.85. The van der Waals surface area contributed by atoms with Crippen LogP contribution in [0.15, 0.2) is 42.5 Å². The van der Waals surface area contributed by atoms with Crippen molar-refractivity contribution in [3.05, 3.63) is 59.4 Å². The molecule has 0 aliphatic heterocycles. The predicted molar refractivity (Wildman–Crippen MR) is 92.9 cm³/mol.